The van der Waals surface area contributed by atoms with Gasteiger partial charge in [0.2, 0.25) is 0 Å². The second-order valence-electron chi connectivity index (χ2n) is 5.43. The van der Waals surface area contributed by atoms with Crippen LogP contribution >= 0.6 is 23.1 Å². The van der Waals surface area contributed by atoms with Gasteiger partial charge < -0.3 is 10.6 Å². The zero-order chi connectivity index (χ0) is 17.2. The van der Waals surface area contributed by atoms with Gasteiger partial charge in [-0.25, -0.2) is 4.98 Å². The molecule has 124 valence electrons. The average molecular weight is 367 g/mol. The maximum absolute atomic E-state index is 12.4. The van der Waals surface area contributed by atoms with E-state index in [-0.39, 0.29) is 11.8 Å². The second kappa shape index (κ2) is 6.70. The highest BCUT2D eigenvalue weighted by atomic mass is 32.2. The Balaban J connectivity index is 1.57. The third-order valence-corrected chi connectivity index (χ3v) is 5.54. The Morgan fingerprint density at radius 2 is 2.04 bits per heavy atom. The predicted molar refractivity (Wildman–Crippen MR) is 98.2 cm³/mol. The van der Waals surface area contributed by atoms with E-state index >= 15 is 0 Å². The number of hydrogen-bond donors (Lipinski definition) is 2. The molecule has 0 bridgehead atoms. The quantitative estimate of drug-likeness (QED) is 0.739. The molecular formula is C18H13N3O2S2. The van der Waals surface area contributed by atoms with Gasteiger partial charge in [0.1, 0.15) is 0 Å². The van der Waals surface area contributed by atoms with Crippen molar-refractivity contribution in [2.45, 2.75) is 16.3 Å². The first-order valence-electron chi connectivity index (χ1n) is 7.58. The highest BCUT2D eigenvalue weighted by molar-refractivity contribution is 7.99. The van der Waals surface area contributed by atoms with Crippen LogP contribution < -0.4 is 10.6 Å². The van der Waals surface area contributed by atoms with Crippen molar-refractivity contribution in [2.24, 2.45) is 0 Å². The zero-order valence-corrected chi connectivity index (χ0v) is 14.6. The SMILES string of the molecule is O=C(NCc1cscn1)c1ccc2c(c1)NC(=O)c1ccccc1S2. The third kappa shape index (κ3) is 3.29. The smallest absolute Gasteiger partial charge is 0.256 e. The first kappa shape index (κ1) is 15.9. The summed E-state index contributed by atoms with van der Waals surface area (Å²) in [6.07, 6.45) is 0. The van der Waals surface area contributed by atoms with Crippen LogP contribution in [0.25, 0.3) is 0 Å². The number of aromatic nitrogens is 1. The van der Waals surface area contributed by atoms with Crippen molar-refractivity contribution >= 4 is 40.6 Å². The molecule has 25 heavy (non-hydrogen) atoms. The minimum Gasteiger partial charge on any atom is -0.346 e. The lowest BCUT2D eigenvalue weighted by Crippen LogP contribution is -2.23. The fraction of sp³-hybridized carbons (Fsp3) is 0.0556. The lowest BCUT2D eigenvalue weighted by Gasteiger charge is -2.09. The average Bonchev–Trinajstić information content (AvgIpc) is 3.10. The number of nitrogens with one attached hydrogen (secondary N) is 2. The van der Waals surface area contributed by atoms with E-state index in [1.807, 2.05) is 29.6 Å². The van der Waals surface area contributed by atoms with Crippen LogP contribution in [-0.2, 0) is 6.54 Å². The van der Waals surface area contributed by atoms with Crippen LogP contribution in [0.5, 0.6) is 0 Å². The third-order valence-electron chi connectivity index (χ3n) is 3.76. The molecule has 3 aromatic rings. The van der Waals surface area contributed by atoms with E-state index in [0.717, 1.165) is 15.5 Å². The van der Waals surface area contributed by atoms with E-state index in [1.54, 1.807) is 23.7 Å². The molecule has 0 fully saturated rings. The Kier molecular flexibility index (Phi) is 4.25. The number of thiazole rings is 1. The molecule has 1 aliphatic rings. The molecule has 2 amide bonds. The molecule has 0 saturated carbocycles. The van der Waals surface area contributed by atoms with Gasteiger partial charge in [-0.3, -0.25) is 9.59 Å². The summed E-state index contributed by atoms with van der Waals surface area (Å²) < 4.78 is 0. The number of anilines is 1. The summed E-state index contributed by atoms with van der Waals surface area (Å²) in [5.74, 6) is -0.362. The van der Waals surface area contributed by atoms with Gasteiger partial charge in [-0.1, -0.05) is 23.9 Å². The summed E-state index contributed by atoms with van der Waals surface area (Å²) in [5, 5.41) is 7.63. The normalized spacial score (nSPS) is 12.6. The van der Waals surface area contributed by atoms with Gasteiger partial charge in [0, 0.05) is 20.7 Å². The van der Waals surface area contributed by atoms with Gasteiger partial charge in [-0.2, -0.15) is 0 Å². The van der Waals surface area contributed by atoms with Crippen LogP contribution in [0.2, 0.25) is 0 Å². The van der Waals surface area contributed by atoms with Crippen molar-refractivity contribution in [3.8, 4) is 0 Å². The molecule has 2 aromatic carbocycles. The summed E-state index contributed by atoms with van der Waals surface area (Å²) >= 11 is 3.00. The molecule has 5 nitrogen and oxygen atoms in total. The van der Waals surface area contributed by atoms with Crippen LogP contribution in [0.1, 0.15) is 26.4 Å². The molecular weight excluding hydrogens is 354 g/mol. The molecule has 0 aliphatic carbocycles. The molecule has 2 N–H and O–H groups in total. The largest absolute Gasteiger partial charge is 0.346 e. The standard InChI is InChI=1S/C18H13N3O2S2/c22-17(19-8-12-9-24-10-20-12)11-5-6-16-14(7-11)21-18(23)13-3-1-2-4-15(13)25-16/h1-7,9-10H,8H2,(H,19,22)(H,21,23). The van der Waals surface area contributed by atoms with Crippen molar-refractivity contribution in [2.75, 3.05) is 5.32 Å². The molecule has 0 radical (unpaired) electrons. The maximum Gasteiger partial charge on any atom is 0.256 e. The Hall–Kier alpha value is -2.64. The molecule has 1 aliphatic heterocycles. The van der Waals surface area contributed by atoms with Gasteiger partial charge in [0.05, 0.1) is 29.0 Å². The molecule has 0 atom stereocenters. The summed E-state index contributed by atoms with van der Waals surface area (Å²) in [4.78, 5) is 30.7. The van der Waals surface area contributed by atoms with Gasteiger partial charge in [-0.05, 0) is 30.3 Å². The first-order chi connectivity index (χ1) is 12.2. The number of hydrogen-bond acceptors (Lipinski definition) is 5. The van der Waals surface area contributed by atoms with Gasteiger partial charge >= 0.3 is 0 Å². The van der Waals surface area contributed by atoms with Crippen LogP contribution in [0.4, 0.5) is 5.69 Å². The van der Waals surface area contributed by atoms with Gasteiger partial charge in [0.15, 0.2) is 0 Å². The monoisotopic (exact) mass is 367 g/mol. The van der Waals surface area contributed by atoms with Crippen molar-refractivity contribution in [3.63, 3.8) is 0 Å². The number of nitrogens with zero attached hydrogens (tertiary/aromatic N) is 1. The lowest BCUT2D eigenvalue weighted by atomic mass is 10.1. The van der Waals surface area contributed by atoms with Crippen LogP contribution in [0.3, 0.4) is 0 Å². The molecule has 0 unspecified atom stereocenters. The highest BCUT2D eigenvalue weighted by Gasteiger charge is 2.20. The summed E-state index contributed by atoms with van der Waals surface area (Å²) in [7, 11) is 0. The Bertz CT molecular complexity index is 955. The predicted octanol–water partition coefficient (Wildman–Crippen LogP) is 3.79. The zero-order valence-electron chi connectivity index (χ0n) is 13.0. The topological polar surface area (TPSA) is 71.1 Å². The van der Waals surface area contributed by atoms with Crippen molar-refractivity contribution in [3.05, 3.63) is 70.2 Å². The van der Waals surface area contributed by atoms with E-state index in [4.69, 9.17) is 0 Å². The summed E-state index contributed by atoms with van der Waals surface area (Å²) in [6, 6.07) is 12.8. The number of rotatable bonds is 3. The Labute approximate surface area is 152 Å². The molecule has 0 saturated heterocycles. The van der Waals surface area contributed by atoms with E-state index in [2.05, 4.69) is 15.6 Å². The Morgan fingerprint density at radius 1 is 1.16 bits per heavy atom. The molecule has 2 heterocycles. The molecule has 4 rings (SSSR count). The molecule has 1 aromatic heterocycles. The van der Waals surface area contributed by atoms with E-state index < -0.39 is 0 Å². The van der Waals surface area contributed by atoms with Crippen LogP contribution in [-0.4, -0.2) is 16.8 Å². The van der Waals surface area contributed by atoms with Crippen LogP contribution in [0.15, 0.2) is 63.1 Å². The molecule has 0 spiro atoms. The minimum atomic E-state index is -0.197. The first-order valence-corrected chi connectivity index (χ1v) is 9.34. The summed E-state index contributed by atoms with van der Waals surface area (Å²) in [6.45, 7) is 0.381. The van der Waals surface area contributed by atoms with E-state index in [0.29, 0.717) is 23.4 Å². The van der Waals surface area contributed by atoms with Crippen molar-refractivity contribution in [1.82, 2.24) is 10.3 Å². The summed E-state index contributed by atoms with van der Waals surface area (Å²) in [5.41, 5.74) is 4.34. The van der Waals surface area contributed by atoms with Gasteiger partial charge in [0.25, 0.3) is 11.8 Å². The number of carbonyl (C=O) groups excluding carboxylic acids is 2. The van der Waals surface area contributed by atoms with Crippen molar-refractivity contribution in [1.29, 1.82) is 0 Å². The second-order valence-corrected chi connectivity index (χ2v) is 7.23. The number of amides is 2. The number of benzene rings is 2. The maximum atomic E-state index is 12.4. The molecule has 7 heteroatoms. The number of fused-ring (bicyclic) bond motifs is 2. The fourth-order valence-electron chi connectivity index (χ4n) is 2.51. The Morgan fingerprint density at radius 3 is 2.88 bits per heavy atom. The lowest BCUT2D eigenvalue weighted by molar-refractivity contribution is 0.0949. The van der Waals surface area contributed by atoms with Crippen molar-refractivity contribution < 1.29 is 9.59 Å². The van der Waals surface area contributed by atoms with E-state index in [1.165, 1.54) is 23.1 Å². The highest BCUT2D eigenvalue weighted by Crippen LogP contribution is 2.38. The van der Waals surface area contributed by atoms with Gasteiger partial charge in [-0.15, -0.1) is 11.3 Å². The van der Waals surface area contributed by atoms with Crippen LogP contribution in [0, 0.1) is 0 Å². The van der Waals surface area contributed by atoms with E-state index in [9.17, 15) is 9.59 Å². The fourth-order valence-corrected chi connectivity index (χ4v) is 4.08. The minimum absolute atomic E-state index is 0.165. The number of carbonyl (C=O) groups is 2.